The fourth-order valence-corrected chi connectivity index (χ4v) is 5.10. The highest BCUT2D eigenvalue weighted by Gasteiger charge is 2.44. The Morgan fingerprint density at radius 3 is 2.59 bits per heavy atom. The molecule has 1 aromatic carbocycles. The van der Waals surface area contributed by atoms with Crippen molar-refractivity contribution in [1.29, 1.82) is 0 Å². The third kappa shape index (κ3) is 4.91. The Hall–Kier alpha value is -3.00. The molecule has 2 aromatic rings. The SMILES string of the molecule is CN(C)c1nc(N)nc(COC(=O)[C@H]2CCCN2S(=O)(=O)c2ccccc2C(F)(F)F)n1. The van der Waals surface area contributed by atoms with Crippen LogP contribution in [-0.4, -0.2) is 60.3 Å². The smallest absolute Gasteiger partial charge is 0.417 e. The van der Waals surface area contributed by atoms with E-state index in [-0.39, 0.29) is 37.1 Å². The second-order valence-electron chi connectivity index (χ2n) is 7.18. The van der Waals surface area contributed by atoms with E-state index in [1.807, 2.05) is 0 Å². The van der Waals surface area contributed by atoms with E-state index >= 15 is 0 Å². The number of hydrogen-bond acceptors (Lipinski definition) is 9. The standard InChI is InChI=1S/C18H21F3N6O4S/c1-26(2)17-24-14(23-16(22)25-17)10-31-15(28)12-7-5-9-27(12)32(29,30)13-8-4-3-6-11(13)18(19,20)21/h3-4,6,8,12H,5,7,9-10H2,1-2H3,(H2,22,23,24,25)/t12-/m1/s1. The summed E-state index contributed by atoms with van der Waals surface area (Å²) < 4.78 is 72.0. The number of aromatic nitrogens is 3. The maximum atomic E-state index is 13.3. The molecular formula is C18H21F3N6O4S. The number of nitrogen functional groups attached to an aromatic ring is 1. The zero-order valence-corrected chi connectivity index (χ0v) is 18.0. The summed E-state index contributed by atoms with van der Waals surface area (Å²) >= 11 is 0. The van der Waals surface area contributed by atoms with Crippen molar-refractivity contribution in [3.8, 4) is 0 Å². The Morgan fingerprint density at radius 2 is 1.94 bits per heavy atom. The van der Waals surface area contributed by atoms with Crippen LogP contribution in [0.5, 0.6) is 0 Å². The third-order valence-electron chi connectivity index (χ3n) is 4.69. The van der Waals surface area contributed by atoms with Crippen LogP contribution in [0.25, 0.3) is 0 Å². The van der Waals surface area contributed by atoms with E-state index in [4.69, 9.17) is 10.5 Å². The van der Waals surface area contributed by atoms with Crippen molar-refractivity contribution in [2.45, 2.75) is 36.6 Å². The van der Waals surface area contributed by atoms with Crippen molar-refractivity contribution >= 4 is 27.9 Å². The molecule has 1 atom stereocenters. The number of sulfonamides is 1. The third-order valence-corrected chi connectivity index (χ3v) is 6.65. The van der Waals surface area contributed by atoms with Gasteiger partial charge in [-0.25, -0.2) is 8.42 Å². The van der Waals surface area contributed by atoms with Crippen LogP contribution >= 0.6 is 0 Å². The highest BCUT2D eigenvalue weighted by molar-refractivity contribution is 7.89. The molecule has 0 saturated carbocycles. The normalized spacial score (nSPS) is 17.3. The Labute approximate surface area is 182 Å². The van der Waals surface area contributed by atoms with Gasteiger partial charge < -0.3 is 15.4 Å². The molecule has 2 N–H and O–H groups in total. The van der Waals surface area contributed by atoms with E-state index in [1.165, 1.54) is 6.07 Å². The molecule has 0 radical (unpaired) electrons. The lowest BCUT2D eigenvalue weighted by Gasteiger charge is -2.24. The molecule has 0 amide bonds. The molecule has 0 bridgehead atoms. The Bertz CT molecular complexity index is 1110. The molecule has 1 aromatic heterocycles. The van der Waals surface area contributed by atoms with Crippen LogP contribution in [0.15, 0.2) is 29.2 Å². The number of halogens is 3. The number of nitrogens with two attached hydrogens (primary N) is 1. The Balaban J connectivity index is 1.81. The summed E-state index contributed by atoms with van der Waals surface area (Å²) in [6.07, 6.45) is -4.48. The first-order valence-electron chi connectivity index (χ1n) is 9.43. The monoisotopic (exact) mass is 474 g/mol. The van der Waals surface area contributed by atoms with Crippen molar-refractivity contribution in [2.24, 2.45) is 0 Å². The first kappa shape index (κ1) is 23.7. The molecule has 10 nitrogen and oxygen atoms in total. The lowest BCUT2D eigenvalue weighted by molar-refractivity contribution is -0.149. The van der Waals surface area contributed by atoms with Crippen LogP contribution in [0.3, 0.4) is 0 Å². The molecule has 0 spiro atoms. The summed E-state index contributed by atoms with van der Waals surface area (Å²) in [5.41, 5.74) is 4.31. The first-order chi connectivity index (χ1) is 14.9. The number of hydrogen-bond donors (Lipinski definition) is 1. The number of esters is 1. The Morgan fingerprint density at radius 1 is 1.25 bits per heavy atom. The van der Waals surface area contributed by atoms with Gasteiger partial charge in [0, 0.05) is 20.6 Å². The van der Waals surface area contributed by atoms with E-state index in [0.29, 0.717) is 6.07 Å². The number of carbonyl (C=O) groups is 1. The van der Waals surface area contributed by atoms with Crippen LogP contribution in [0.1, 0.15) is 24.2 Å². The second kappa shape index (κ2) is 8.86. The minimum Gasteiger partial charge on any atom is -0.456 e. The molecule has 1 saturated heterocycles. The van der Waals surface area contributed by atoms with Crippen LogP contribution in [0.2, 0.25) is 0 Å². The molecule has 1 aliphatic heterocycles. The second-order valence-corrected chi connectivity index (χ2v) is 9.04. The number of rotatable bonds is 6. The van der Waals surface area contributed by atoms with Crippen molar-refractivity contribution in [3.63, 3.8) is 0 Å². The average molecular weight is 474 g/mol. The number of nitrogens with zero attached hydrogens (tertiary/aromatic N) is 5. The minimum absolute atomic E-state index is 0.0457. The molecule has 1 fully saturated rings. The number of anilines is 2. The highest BCUT2D eigenvalue weighted by Crippen LogP contribution is 2.37. The molecule has 14 heteroatoms. The molecule has 32 heavy (non-hydrogen) atoms. The van der Waals surface area contributed by atoms with Crippen molar-refractivity contribution in [3.05, 3.63) is 35.7 Å². The van der Waals surface area contributed by atoms with Gasteiger partial charge in [0.05, 0.1) is 10.5 Å². The zero-order valence-electron chi connectivity index (χ0n) is 17.2. The summed E-state index contributed by atoms with van der Waals surface area (Å²) in [5, 5.41) is 0. The molecule has 0 aliphatic carbocycles. The van der Waals surface area contributed by atoms with Gasteiger partial charge >= 0.3 is 12.1 Å². The van der Waals surface area contributed by atoms with Gasteiger partial charge in [-0.15, -0.1) is 0 Å². The largest absolute Gasteiger partial charge is 0.456 e. The minimum atomic E-state index is -4.87. The zero-order chi connectivity index (χ0) is 23.7. The highest BCUT2D eigenvalue weighted by atomic mass is 32.2. The van der Waals surface area contributed by atoms with Crippen molar-refractivity contribution in [2.75, 3.05) is 31.3 Å². The van der Waals surface area contributed by atoms with Gasteiger partial charge in [-0.3, -0.25) is 4.79 Å². The first-order valence-corrected chi connectivity index (χ1v) is 10.9. The molecule has 1 aliphatic rings. The molecule has 2 heterocycles. The summed E-state index contributed by atoms with van der Waals surface area (Å²) in [5.74, 6) is -0.730. The van der Waals surface area contributed by atoms with Gasteiger partial charge in [0.15, 0.2) is 12.4 Å². The van der Waals surface area contributed by atoms with Gasteiger partial charge in [0.1, 0.15) is 6.04 Å². The number of ether oxygens (including phenoxy) is 1. The predicted molar refractivity (Wildman–Crippen MR) is 107 cm³/mol. The Kier molecular flexibility index (Phi) is 6.55. The van der Waals surface area contributed by atoms with Crippen molar-refractivity contribution in [1.82, 2.24) is 19.3 Å². The van der Waals surface area contributed by atoms with Gasteiger partial charge in [-0.05, 0) is 25.0 Å². The molecule has 3 rings (SSSR count). The average Bonchev–Trinajstić information content (AvgIpc) is 3.22. The van der Waals surface area contributed by atoms with E-state index in [2.05, 4.69) is 15.0 Å². The van der Waals surface area contributed by atoms with E-state index in [1.54, 1.807) is 19.0 Å². The molecule has 174 valence electrons. The molecular weight excluding hydrogens is 453 g/mol. The van der Waals surface area contributed by atoms with Crippen LogP contribution in [0, 0.1) is 0 Å². The van der Waals surface area contributed by atoms with Gasteiger partial charge in [-0.2, -0.15) is 32.4 Å². The quantitative estimate of drug-likeness (QED) is 0.618. The fourth-order valence-electron chi connectivity index (χ4n) is 3.24. The fraction of sp³-hybridized carbons (Fsp3) is 0.444. The maximum Gasteiger partial charge on any atom is 0.417 e. The lowest BCUT2D eigenvalue weighted by Crippen LogP contribution is -2.42. The number of benzene rings is 1. The van der Waals surface area contributed by atoms with Crippen LogP contribution in [-0.2, 0) is 32.3 Å². The summed E-state index contributed by atoms with van der Waals surface area (Å²) in [6, 6.07) is 2.58. The van der Waals surface area contributed by atoms with E-state index in [9.17, 15) is 26.4 Å². The van der Waals surface area contributed by atoms with Crippen LogP contribution in [0.4, 0.5) is 25.1 Å². The van der Waals surface area contributed by atoms with E-state index in [0.717, 1.165) is 16.4 Å². The van der Waals surface area contributed by atoms with Crippen LogP contribution < -0.4 is 10.6 Å². The molecule has 0 unspecified atom stereocenters. The number of carbonyl (C=O) groups excluding carboxylic acids is 1. The summed E-state index contributed by atoms with van der Waals surface area (Å²) in [4.78, 5) is 25.1. The predicted octanol–water partition coefficient (Wildman–Crippen LogP) is 1.44. The number of alkyl halides is 3. The maximum absolute atomic E-state index is 13.3. The topological polar surface area (TPSA) is 132 Å². The van der Waals surface area contributed by atoms with Gasteiger partial charge in [0.25, 0.3) is 0 Å². The lowest BCUT2D eigenvalue weighted by atomic mass is 10.2. The summed E-state index contributed by atoms with van der Waals surface area (Å²) in [7, 11) is -1.27. The van der Waals surface area contributed by atoms with Gasteiger partial charge in [-0.1, -0.05) is 12.1 Å². The van der Waals surface area contributed by atoms with Gasteiger partial charge in [0.2, 0.25) is 21.9 Å². The van der Waals surface area contributed by atoms with E-state index < -0.39 is 45.3 Å². The summed E-state index contributed by atoms with van der Waals surface area (Å²) in [6.45, 7) is -0.520. The van der Waals surface area contributed by atoms with Crippen molar-refractivity contribution < 1.29 is 31.1 Å².